The van der Waals surface area contributed by atoms with Crippen molar-refractivity contribution in [3.63, 3.8) is 0 Å². The third-order valence-electron chi connectivity index (χ3n) is 5.64. The fourth-order valence-electron chi connectivity index (χ4n) is 3.80. The van der Waals surface area contributed by atoms with E-state index in [0.717, 1.165) is 50.0 Å². The molecule has 0 saturated carbocycles. The molecule has 9 heteroatoms. The van der Waals surface area contributed by atoms with Crippen LogP contribution in [0.4, 0.5) is 24.7 Å². The van der Waals surface area contributed by atoms with Crippen LogP contribution >= 0.6 is 0 Å². The van der Waals surface area contributed by atoms with Crippen molar-refractivity contribution in [3.05, 3.63) is 54.0 Å². The van der Waals surface area contributed by atoms with E-state index in [4.69, 9.17) is 0 Å². The van der Waals surface area contributed by atoms with Gasteiger partial charge in [0.1, 0.15) is 11.8 Å². The van der Waals surface area contributed by atoms with Gasteiger partial charge in [0.15, 0.2) is 5.82 Å². The van der Waals surface area contributed by atoms with Gasteiger partial charge in [0, 0.05) is 26.2 Å². The monoisotopic (exact) mass is 418 g/mol. The first-order chi connectivity index (χ1) is 14.3. The third kappa shape index (κ3) is 4.21. The first-order valence-electron chi connectivity index (χ1n) is 10.1. The van der Waals surface area contributed by atoms with Crippen LogP contribution in [0.15, 0.2) is 42.9 Å². The molecule has 0 unspecified atom stereocenters. The fraction of sp³-hybridized carbons (Fsp3) is 0.429. The van der Waals surface area contributed by atoms with Crippen LogP contribution in [0.1, 0.15) is 31.0 Å². The van der Waals surface area contributed by atoms with E-state index in [0.29, 0.717) is 11.4 Å². The quantitative estimate of drug-likeness (QED) is 0.677. The molecule has 0 spiro atoms. The summed E-state index contributed by atoms with van der Waals surface area (Å²) in [6.07, 6.45) is -0.943. The van der Waals surface area contributed by atoms with Gasteiger partial charge >= 0.3 is 6.18 Å². The van der Waals surface area contributed by atoms with Crippen LogP contribution < -0.4 is 10.2 Å². The third-order valence-corrected chi connectivity index (χ3v) is 5.64. The summed E-state index contributed by atoms with van der Waals surface area (Å²) in [6, 6.07) is 7.04. The van der Waals surface area contributed by atoms with Gasteiger partial charge in [-0.15, -0.1) is 0 Å². The number of benzene rings is 1. The van der Waals surface area contributed by atoms with Crippen LogP contribution in [-0.2, 0) is 6.18 Å². The minimum Gasteiger partial charge on any atom is -0.368 e. The number of piperazine rings is 1. The molecule has 3 aromatic rings. The van der Waals surface area contributed by atoms with Crippen molar-refractivity contribution in [1.29, 1.82) is 0 Å². The van der Waals surface area contributed by atoms with Crippen LogP contribution in [0.25, 0.3) is 5.52 Å². The highest BCUT2D eigenvalue weighted by Gasteiger charge is 2.30. The van der Waals surface area contributed by atoms with Gasteiger partial charge in [-0.2, -0.15) is 18.3 Å². The summed E-state index contributed by atoms with van der Waals surface area (Å²) < 4.78 is 40.9. The summed E-state index contributed by atoms with van der Waals surface area (Å²) in [5.74, 6) is 0.591. The maximum Gasteiger partial charge on any atom is 0.416 e. The molecule has 3 heterocycles. The molecule has 1 fully saturated rings. The Morgan fingerprint density at radius 1 is 1.13 bits per heavy atom. The molecule has 1 N–H and O–H groups in total. The Bertz CT molecular complexity index is 1010. The Hall–Kier alpha value is -2.81. The molecule has 0 amide bonds. The van der Waals surface area contributed by atoms with Crippen LogP contribution in [0.2, 0.25) is 0 Å². The number of likely N-dealkylation sites (N-methyl/N-ethyl adjacent to an activating group) is 1. The maximum atomic E-state index is 13.0. The summed E-state index contributed by atoms with van der Waals surface area (Å²) >= 11 is 0. The highest BCUT2D eigenvalue weighted by molar-refractivity contribution is 5.73. The molecule has 0 bridgehead atoms. The Balaban J connectivity index is 1.55. The van der Waals surface area contributed by atoms with Gasteiger partial charge < -0.3 is 15.1 Å². The zero-order valence-corrected chi connectivity index (χ0v) is 17.0. The van der Waals surface area contributed by atoms with Crippen molar-refractivity contribution in [3.8, 4) is 0 Å². The Morgan fingerprint density at radius 2 is 1.90 bits per heavy atom. The van der Waals surface area contributed by atoms with E-state index in [1.54, 1.807) is 10.6 Å². The first kappa shape index (κ1) is 20.5. The predicted octanol–water partition coefficient (Wildman–Crippen LogP) is 4.06. The predicted molar refractivity (Wildman–Crippen MR) is 111 cm³/mol. The van der Waals surface area contributed by atoms with Crippen molar-refractivity contribution in [2.75, 3.05) is 42.9 Å². The second-order valence-electron chi connectivity index (χ2n) is 7.55. The van der Waals surface area contributed by atoms with E-state index in [2.05, 4.69) is 32.1 Å². The molecule has 160 valence electrons. The van der Waals surface area contributed by atoms with Gasteiger partial charge in [0.2, 0.25) is 0 Å². The van der Waals surface area contributed by atoms with Gasteiger partial charge in [-0.1, -0.05) is 19.1 Å². The van der Waals surface area contributed by atoms with Crippen LogP contribution in [0.5, 0.6) is 0 Å². The minimum absolute atomic E-state index is 0.350. The van der Waals surface area contributed by atoms with Gasteiger partial charge in [-0.05, 0) is 37.2 Å². The average Bonchev–Trinajstić information content (AvgIpc) is 3.19. The standard InChI is InChI=1S/C21H25F3N6/c1-3-28-7-9-29(10-8-28)18-12-19-20(25-14-26-30(19)13-18)27-15(2)16-5-4-6-17(11-16)21(22,23)24/h4-6,11-15H,3,7-10H2,1-2H3,(H,25,26,27)/t15-/m1/s1. The number of aromatic nitrogens is 3. The smallest absolute Gasteiger partial charge is 0.368 e. The lowest BCUT2D eigenvalue weighted by Crippen LogP contribution is -2.46. The van der Waals surface area contributed by atoms with Gasteiger partial charge in [-0.3, -0.25) is 0 Å². The summed E-state index contributed by atoms with van der Waals surface area (Å²) in [5, 5.41) is 7.54. The molecule has 30 heavy (non-hydrogen) atoms. The number of halogens is 3. The molecular weight excluding hydrogens is 393 g/mol. The number of nitrogens with zero attached hydrogens (tertiary/aromatic N) is 5. The second-order valence-corrected chi connectivity index (χ2v) is 7.55. The number of anilines is 2. The number of alkyl halides is 3. The van der Waals surface area contributed by atoms with Crippen molar-refractivity contribution in [2.45, 2.75) is 26.1 Å². The molecular formula is C21H25F3N6. The van der Waals surface area contributed by atoms with Gasteiger partial charge in [0.25, 0.3) is 0 Å². The van der Waals surface area contributed by atoms with Gasteiger partial charge in [0.05, 0.1) is 23.5 Å². The summed E-state index contributed by atoms with van der Waals surface area (Å²) in [6.45, 7) is 8.98. The number of fused-ring (bicyclic) bond motifs is 1. The van der Waals surface area contributed by atoms with Crippen LogP contribution in [0.3, 0.4) is 0 Å². The molecule has 0 aliphatic carbocycles. The highest BCUT2D eigenvalue weighted by Crippen LogP contribution is 2.32. The van der Waals surface area contributed by atoms with Crippen molar-refractivity contribution in [2.24, 2.45) is 0 Å². The maximum absolute atomic E-state index is 13.0. The number of nitrogens with one attached hydrogen (secondary N) is 1. The normalized spacial score (nSPS) is 16.8. The van der Waals surface area contributed by atoms with Crippen LogP contribution in [0, 0.1) is 0 Å². The summed E-state index contributed by atoms with van der Waals surface area (Å²) in [7, 11) is 0. The topological polar surface area (TPSA) is 48.7 Å². The molecule has 0 radical (unpaired) electrons. The Labute approximate surface area is 173 Å². The molecule has 2 aromatic heterocycles. The highest BCUT2D eigenvalue weighted by atomic mass is 19.4. The van der Waals surface area contributed by atoms with E-state index >= 15 is 0 Å². The number of hydrogen-bond acceptors (Lipinski definition) is 5. The summed E-state index contributed by atoms with van der Waals surface area (Å²) in [5.41, 5.74) is 1.76. The van der Waals surface area contributed by atoms with Crippen molar-refractivity contribution >= 4 is 17.0 Å². The minimum atomic E-state index is -4.36. The number of rotatable bonds is 5. The Kier molecular flexibility index (Phi) is 5.55. The molecule has 1 saturated heterocycles. The van der Waals surface area contributed by atoms with Gasteiger partial charge in [-0.25, -0.2) is 9.50 Å². The SMILES string of the molecule is CCN1CCN(c2cc3c(N[C@H](C)c4cccc(C(F)(F)F)c4)ncnn3c2)CC1. The zero-order chi connectivity index (χ0) is 21.3. The van der Waals surface area contributed by atoms with E-state index < -0.39 is 11.7 Å². The zero-order valence-electron chi connectivity index (χ0n) is 17.0. The van der Waals surface area contributed by atoms with E-state index in [-0.39, 0.29) is 6.04 Å². The van der Waals surface area contributed by atoms with Crippen molar-refractivity contribution < 1.29 is 13.2 Å². The first-order valence-corrected chi connectivity index (χ1v) is 10.1. The molecule has 1 atom stereocenters. The molecule has 4 rings (SSSR count). The lowest BCUT2D eigenvalue weighted by molar-refractivity contribution is -0.137. The largest absolute Gasteiger partial charge is 0.416 e. The number of hydrogen-bond donors (Lipinski definition) is 1. The van der Waals surface area contributed by atoms with Crippen molar-refractivity contribution in [1.82, 2.24) is 19.5 Å². The van der Waals surface area contributed by atoms with E-state index in [1.807, 2.05) is 19.2 Å². The lowest BCUT2D eigenvalue weighted by Gasteiger charge is -2.34. The van der Waals surface area contributed by atoms with E-state index in [1.165, 1.54) is 18.5 Å². The van der Waals surface area contributed by atoms with E-state index in [9.17, 15) is 13.2 Å². The molecule has 1 aliphatic rings. The molecule has 1 aromatic carbocycles. The molecule has 1 aliphatic heterocycles. The summed E-state index contributed by atoms with van der Waals surface area (Å²) in [4.78, 5) is 9.07. The van der Waals surface area contributed by atoms with Crippen LogP contribution in [-0.4, -0.2) is 52.2 Å². The second kappa shape index (κ2) is 8.14. The average molecular weight is 418 g/mol. The Morgan fingerprint density at radius 3 is 2.60 bits per heavy atom. The molecule has 6 nitrogen and oxygen atoms in total. The lowest BCUT2D eigenvalue weighted by atomic mass is 10.0. The fourth-order valence-corrected chi connectivity index (χ4v) is 3.80.